The number of nitrogens with one attached hydrogen (secondary N) is 1. The van der Waals surface area contributed by atoms with Crippen LogP contribution in [-0.2, 0) is 14.9 Å². The number of fused-ring (bicyclic) bond motifs is 2. The molecule has 0 aliphatic heterocycles. The Labute approximate surface area is 221 Å². The molecule has 8 nitrogen and oxygen atoms in total. The number of halogens is 1. The number of carboxylic acids is 1. The highest BCUT2D eigenvalue weighted by Gasteiger charge is 2.54. The van der Waals surface area contributed by atoms with Gasteiger partial charge in [-0.15, -0.1) is 0 Å². The fraction of sp³-hybridized carbons (Fsp3) is 0.172. The lowest BCUT2D eigenvalue weighted by atomic mass is 10.0. The van der Waals surface area contributed by atoms with Crippen molar-refractivity contribution in [1.29, 1.82) is 0 Å². The Morgan fingerprint density at radius 3 is 2.55 bits per heavy atom. The molecule has 1 unspecified atom stereocenters. The lowest BCUT2D eigenvalue weighted by molar-refractivity contribution is -0.140. The molecule has 0 radical (unpaired) electrons. The van der Waals surface area contributed by atoms with E-state index in [1.807, 2.05) is 18.2 Å². The second-order valence-electron chi connectivity index (χ2n) is 9.10. The standard InChI is InChI=1S/C29H20ClNO7/c1-16(19-6-2-4-8-21(19)30)35-28(34)31-25-20-7-3-5-9-22(20)37-23(25)11-10-18-14-17-15-24(38-26(17)36-18)29(12-13-29)27(32)33/h2-9,14-16H,12-13H2,1H3,(H,31,34)(H,32,33). The molecule has 3 heterocycles. The van der Waals surface area contributed by atoms with Crippen molar-refractivity contribution >= 4 is 51.5 Å². The van der Waals surface area contributed by atoms with Gasteiger partial charge in [-0.3, -0.25) is 10.1 Å². The lowest BCUT2D eigenvalue weighted by Crippen LogP contribution is -2.18. The monoisotopic (exact) mass is 529 g/mol. The van der Waals surface area contributed by atoms with Gasteiger partial charge in [0, 0.05) is 22.0 Å². The van der Waals surface area contributed by atoms with E-state index < -0.39 is 23.6 Å². The summed E-state index contributed by atoms with van der Waals surface area (Å²) in [6.45, 7) is 1.73. The van der Waals surface area contributed by atoms with Crippen molar-refractivity contribution < 1.29 is 32.7 Å². The van der Waals surface area contributed by atoms with Crippen molar-refractivity contribution in [3.05, 3.63) is 88.5 Å². The summed E-state index contributed by atoms with van der Waals surface area (Å²) < 4.78 is 22.8. The van der Waals surface area contributed by atoms with Crippen LogP contribution in [0.4, 0.5) is 10.5 Å². The molecule has 1 fully saturated rings. The Morgan fingerprint density at radius 2 is 1.82 bits per heavy atom. The van der Waals surface area contributed by atoms with E-state index in [1.165, 1.54) is 0 Å². The number of rotatable bonds is 5. The first kappa shape index (κ1) is 23.8. The van der Waals surface area contributed by atoms with Crippen molar-refractivity contribution in [3.63, 3.8) is 0 Å². The minimum Gasteiger partial charge on any atom is -0.480 e. The van der Waals surface area contributed by atoms with Gasteiger partial charge in [0.15, 0.2) is 5.76 Å². The maximum absolute atomic E-state index is 12.8. The van der Waals surface area contributed by atoms with Crippen LogP contribution in [0.3, 0.4) is 0 Å². The zero-order valence-corrected chi connectivity index (χ0v) is 20.8. The smallest absolute Gasteiger partial charge is 0.412 e. The van der Waals surface area contributed by atoms with Gasteiger partial charge in [0.25, 0.3) is 5.78 Å². The quantitative estimate of drug-likeness (QED) is 0.230. The third kappa shape index (κ3) is 4.17. The predicted octanol–water partition coefficient (Wildman–Crippen LogP) is 7.25. The summed E-state index contributed by atoms with van der Waals surface area (Å²) in [4.78, 5) is 24.4. The molecule has 190 valence electrons. The largest absolute Gasteiger partial charge is 0.480 e. The molecule has 1 saturated carbocycles. The van der Waals surface area contributed by atoms with E-state index in [1.54, 1.807) is 49.4 Å². The summed E-state index contributed by atoms with van der Waals surface area (Å²) in [7, 11) is 0. The summed E-state index contributed by atoms with van der Waals surface area (Å²) in [6.07, 6.45) is -0.211. The van der Waals surface area contributed by atoms with E-state index in [9.17, 15) is 14.7 Å². The number of furan rings is 3. The van der Waals surface area contributed by atoms with Gasteiger partial charge in [-0.2, -0.15) is 0 Å². The number of carbonyl (C=O) groups excluding carboxylic acids is 1. The molecule has 9 heteroatoms. The Bertz CT molecular complexity index is 1750. The van der Waals surface area contributed by atoms with Gasteiger partial charge in [-0.1, -0.05) is 41.9 Å². The molecule has 1 aliphatic rings. The molecule has 0 spiro atoms. The number of hydrogen-bond donors (Lipinski definition) is 2. The average molecular weight is 530 g/mol. The van der Waals surface area contributed by atoms with Crippen LogP contribution in [0.5, 0.6) is 0 Å². The molecule has 1 aliphatic carbocycles. The fourth-order valence-electron chi connectivity index (χ4n) is 4.36. The first-order valence-corrected chi connectivity index (χ1v) is 12.2. The van der Waals surface area contributed by atoms with Crippen LogP contribution in [0.15, 0.2) is 73.9 Å². The first-order chi connectivity index (χ1) is 18.3. The molecule has 0 saturated heterocycles. The van der Waals surface area contributed by atoms with Gasteiger partial charge in [0.1, 0.15) is 28.5 Å². The second kappa shape index (κ2) is 9.05. The third-order valence-corrected chi connectivity index (χ3v) is 6.94. The maximum Gasteiger partial charge on any atom is 0.412 e. The number of anilines is 1. The maximum atomic E-state index is 12.8. The minimum atomic E-state index is -0.958. The third-order valence-electron chi connectivity index (χ3n) is 6.59. The number of aliphatic carboxylic acids is 1. The molecule has 0 bridgehead atoms. The van der Waals surface area contributed by atoms with Gasteiger partial charge in [-0.05, 0) is 55.9 Å². The van der Waals surface area contributed by atoms with Crippen LogP contribution < -0.4 is 5.32 Å². The van der Waals surface area contributed by atoms with Gasteiger partial charge in [0.2, 0.25) is 5.76 Å². The van der Waals surface area contributed by atoms with E-state index in [0.29, 0.717) is 57.0 Å². The van der Waals surface area contributed by atoms with Crippen LogP contribution in [0, 0.1) is 11.8 Å². The van der Waals surface area contributed by atoms with Crippen LogP contribution in [-0.4, -0.2) is 17.2 Å². The van der Waals surface area contributed by atoms with E-state index >= 15 is 0 Å². The number of amides is 1. The molecular formula is C29H20ClNO7. The Hall–Kier alpha value is -4.61. The Morgan fingerprint density at radius 1 is 1.05 bits per heavy atom. The molecule has 2 aromatic carbocycles. The van der Waals surface area contributed by atoms with Crippen LogP contribution in [0.1, 0.15) is 48.7 Å². The van der Waals surface area contributed by atoms with Crippen molar-refractivity contribution in [3.8, 4) is 11.8 Å². The summed E-state index contributed by atoms with van der Waals surface area (Å²) in [6, 6.07) is 17.7. The lowest BCUT2D eigenvalue weighted by Gasteiger charge is -2.15. The Balaban J connectivity index is 1.26. The summed E-state index contributed by atoms with van der Waals surface area (Å²) in [5.41, 5.74) is 0.620. The fourth-order valence-corrected chi connectivity index (χ4v) is 4.65. The van der Waals surface area contributed by atoms with Crippen LogP contribution in [0.2, 0.25) is 5.02 Å². The number of ether oxygens (including phenoxy) is 1. The van der Waals surface area contributed by atoms with Crippen molar-refractivity contribution in [2.75, 3.05) is 5.32 Å². The summed E-state index contributed by atoms with van der Waals surface area (Å²) in [5.74, 6) is 5.99. The molecular weight excluding hydrogens is 510 g/mol. The highest BCUT2D eigenvalue weighted by atomic mass is 35.5. The van der Waals surface area contributed by atoms with Crippen molar-refractivity contribution in [2.45, 2.75) is 31.3 Å². The summed E-state index contributed by atoms with van der Waals surface area (Å²) in [5, 5.41) is 14.0. The molecule has 38 heavy (non-hydrogen) atoms. The normalized spacial score (nSPS) is 14.6. The van der Waals surface area contributed by atoms with E-state index in [-0.39, 0.29) is 11.5 Å². The summed E-state index contributed by atoms with van der Waals surface area (Å²) >= 11 is 6.23. The van der Waals surface area contributed by atoms with Crippen LogP contribution in [0.25, 0.3) is 22.1 Å². The van der Waals surface area contributed by atoms with E-state index in [0.717, 1.165) is 0 Å². The molecule has 2 N–H and O–H groups in total. The van der Waals surface area contributed by atoms with E-state index in [2.05, 4.69) is 17.2 Å². The molecule has 1 atom stereocenters. The number of benzene rings is 2. The van der Waals surface area contributed by atoms with Crippen molar-refractivity contribution in [2.24, 2.45) is 0 Å². The Kier molecular flexibility index (Phi) is 5.66. The van der Waals surface area contributed by atoms with Crippen molar-refractivity contribution in [1.82, 2.24) is 0 Å². The molecule has 3 aromatic heterocycles. The van der Waals surface area contributed by atoms with Gasteiger partial charge in [0.05, 0.1) is 5.39 Å². The van der Waals surface area contributed by atoms with Crippen LogP contribution >= 0.6 is 11.6 Å². The average Bonchev–Trinajstić information content (AvgIpc) is 3.32. The predicted molar refractivity (Wildman–Crippen MR) is 139 cm³/mol. The van der Waals surface area contributed by atoms with Gasteiger partial charge < -0.3 is 23.1 Å². The minimum absolute atomic E-state index is 0.205. The zero-order valence-electron chi connectivity index (χ0n) is 20.0. The highest BCUT2D eigenvalue weighted by molar-refractivity contribution is 6.31. The SMILES string of the molecule is CC(OC(=O)Nc1c(C#Cc2cc3cc(C4(C(=O)O)CC4)oc3o2)oc2ccccc12)c1ccccc1Cl. The van der Waals surface area contributed by atoms with Gasteiger partial charge >= 0.3 is 12.1 Å². The van der Waals surface area contributed by atoms with E-state index in [4.69, 9.17) is 29.6 Å². The second-order valence-corrected chi connectivity index (χ2v) is 9.50. The van der Waals surface area contributed by atoms with Gasteiger partial charge in [-0.25, -0.2) is 4.79 Å². The number of para-hydroxylation sites is 1. The number of hydrogen-bond acceptors (Lipinski definition) is 6. The zero-order chi connectivity index (χ0) is 26.4. The highest BCUT2D eigenvalue weighted by Crippen LogP contribution is 2.50. The number of carbonyl (C=O) groups is 2. The molecule has 5 aromatic rings. The first-order valence-electron chi connectivity index (χ1n) is 11.9. The molecule has 1 amide bonds. The topological polar surface area (TPSA) is 115 Å². The number of carboxylic acid groups (broad SMARTS) is 1. The molecule has 6 rings (SSSR count).